The van der Waals surface area contributed by atoms with Crippen LogP contribution in [-0.2, 0) is 11.3 Å². The van der Waals surface area contributed by atoms with Crippen LogP contribution in [0.4, 0.5) is 5.13 Å². The largest absolute Gasteiger partial charge is 0.370 e. The number of nitrogens with zero attached hydrogens (tertiary/aromatic N) is 3. The lowest BCUT2D eigenvalue weighted by Gasteiger charge is -2.03. The Kier molecular flexibility index (Phi) is 5.42. The fraction of sp³-hybridized carbons (Fsp3) is 0.286. The maximum Gasteiger partial charge on any atom is 0.217 e. The second kappa shape index (κ2) is 7.51. The van der Waals surface area contributed by atoms with E-state index in [-0.39, 0.29) is 5.91 Å². The van der Waals surface area contributed by atoms with Crippen LogP contribution in [0.25, 0.3) is 11.4 Å². The molecule has 2 aromatic rings. The van der Waals surface area contributed by atoms with E-state index in [0.717, 1.165) is 17.1 Å². The van der Waals surface area contributed by atoms with Gasteiger partial charge in [0, 0.05) is 18.8 Å². The molecule has 0 atom stereocenters. The van der Waals surface area contributed by atoms with Crippen LogP contribution < -0.4 is 16.4 Å². The summed E-state index contributed by atoms with van der Waals surface area (Å²) in [5.41, 5.74) is 7.99. The van der Waals surface area contributed by atoms with Crippen molar-refractivity contribution in [3.63, 3.8) is 0 Å². The number of aromatic nitrogens is 2. The first-order valence-electron chi connectivity index (χ1n) is 6.81. The van der Waals surface area contributed by atoms with E-state index in [1.807, 2.05) is 30.5 Å². The molecule has 0 radical (unpaired) electrons. The molecule has 116 valence electrons. The van der Waals surface area contributed by atoms with Crippen molar-refractivity contribution in [2.75, 3.05) is 11.9 Å². The van der Waals surface area contributed by atoms with E-state index in [1.165, 1.54) is 18.3 Å². The van der Waals surface area contributed by atoms with Crippen molar-refractivity contribution in [2.24, 2.45) is 10.7 Å². The van der Waals surface area contributed by atoms with Crippen molar-refractivity contribution in [3.05, 3.63) is 29.3 Å². The van der Waals surface area contributed by atoms with Gasteiger partial charge in [-0.3, -0.25) is 9.79 Å². The number of hydrogen-bond acceptors (Lipinski definition) is 5. The summed E-state index contributed by atoms with van der Waals surface area (Å²) < 4.78 is 0. The van der Waals surface area contributed by atoms with Crippen LogP contribution in [0, 0.1) is 0 Å². The highest BCUT2D eigenvalue weighted by molar-refractivity contribution is 7.14. The molecule has 0 spiro atoms. The first-order valence-corrected chi connectivity index (χ1v) is 7.69. The summed E-state index contributed by atoms with van der Waals surface area (Å²) in [6.45, 7) is 4.40. The van der Waals surface area contributed by atoms with E-state index >= 15 is 0 Å². The van der Waals surface area contributed by atoms with Crippen molar-refractivity contribution in [1.29, 1.82) is 0 Å². The molecule has 1 amide bonds. The van der Waals surface area contributed by atoms with Gasteiger partial charge in [0.15, 0.2) is 11.1 Å². The summed E-state index contributed by atoms with van der Waals surface area (Å²) in [6.07, 6.45) is 0. The van der Waals surface area contributed by atoms with Crippen LogP contribution in [0.3, 0.4) is 0 Å². The molecule has 4 N–H and O–H groups in total. The lowest BCUT2D eigenvalue weighted by Crippen LogP contribution is -2.22. The van der Waals surface area contributed by atoms with Crippen LogP contribution in [0.2, 0.25) is 0 Å². The molecule has 2 rings (SSSR count). The summed E-state index contributed by atoms with van der Waals surface area (Å²) in [5, 5.41) is 8.22. The number of nitrogens with one attached hydrogen (secondary N) is 2. The third-order valence-corrected chi connectivity index (χ3v) is 3.41. The van der Waals surface area contributed by atoms with E-state index in [4.69, 9.17) is 5.73 Å². The van der Waals surface area contributed by atoms with Crippen LogP contribution in [0.5, 0.6) is 0 Å². The zero-order valence-corrected chi connectivity index (χ0v) is 13.3. The van der Waals surface area contributed by atoms with Gasteiger partial charge in [0.25, 0.3) is 0 Å². The van der Waals surface area contributed by atoms with Crippen LogP contribution in [-0.4, -0.2) is 28.4 Å². The number of hydrogen-bond donors (Lipinski definition) is 3. The predicted molar refractivity (Wildman–Crippen MR) is 88.7 cm³/mol. The Balaban J connectivity index is 2.11. The van der Waals surface area contributed by atoms with E-state index in [2.05, 4.69) is 25.6 Å². The highest BCUT2D eigenvalue weighted by Gasteiger charge is 2.07. The Labute approximate surface area is 132 Å². The Bertz CT molecular complexity index is 681. The Morgan fingerprint density at radius 2 is 2.18 bits per heavy atom. The predicted octanol–water partition coefficient (Wildman–Crippen LogP) is 1.59. The third-order valence-electron chi connectivity index (χ3n) is 2.66. The summed E-state index contributed by atoms with van der Waals surface area (Å²) in [7, 11) is 0. The summed E-state index contributed by atoms with van der Waals surface area (Å²) >= 11 is 1.43. The molecular formula is C14H18N6OS. The van der Waals surface area contributed by atoms with Gasteiger partial charge in [-0.25, -0.2) is 9.97 Å². The van der Waals surface area contributed by atoms with Crippen LogP contribution in [0.15, 0.2) is 28.6 Å². The number of carbonyl (C=O) groups excluding carboxylic acids is 1. The molecule has 2 heterocycles. The molecule has 0 unspecified atom stereocenters. The van der Waals surface area contributed by atoms with Gasteiger partial charge in [-0.05, 0) is 19.1 Å². The summed E-state index contributed by atoms with van der Waals surface area (Å²) in [6, 6.07) is 5.62. The molecule has 0 bridgehead atoms. The van der Waals surface area contributed by atoms with Gasteiger partial charge in [0.05, 0.1) is 17.9 Å². The highest BCUT2D eigenvalue weighted by atomic mass is 32.1. The first kappa shape index (κ1) is 15.9. The van der Waals surface area contributed by atoms with E-state index in [1.54, 1.807) is 0 Å². The van der Waals surface area contributed by atoms with Crippen LogP contribution >= 0.6 is 11.3 Å². The first-order chi connectivity index (χ1) is 10.6. The Morgan fingerprint density at radius 1 is 1.36 bits per heavy atom. The molecule has 0 fully saturated rings. The van der Waals surface area contributed by atoms with E-state index in [0.29, 0.717) is 24.2 Å². The molecule has 0 aliphatic heterocycles. The van der Waals surface area contributed by atoms with Gasteiger partial charge >= 0.3 is 0 Å². The van der Waals surface area contributed by atoms with E-state index in [9.17, 15) is 4.79 Å². The molecular weight excluding hydrogens is 300 g/mol. The molecule has 0 aliphatic carbocycles. The molecule has 0 saturated carbocycles. The molecule has 7 nitrogen and oxygen atoms in total. The number of guanidine groups is 1. The SMILES string of the molecule is CCN=C(N)Nc1nc(-c2cccc(CNC(C)=O)n2)cs1. The second-order valence-electron chi connectivity index (χ2n) is 4.45. The number of amides is 1. The van der Waals surface area contributed by atoms with Crippen molar-refractivity contribution < 1.29 is 4.79 Å². The topological polar surface area (TPSA) is 105 Å². The van der Waals surface area contributed by atoms with Crippen LogP contribution in [0.1, 0.15) is 19.5 Å². The molecule has 0 saturated heterocycles. The minimum atomic E-state index is -0.0852. The number of pyridine rings is 1. The number of carbonyl (C=O) groups is 1. The zero-order valence-electron chi connectivity index (χ0n) is 12.5. The average Bonchev–Trinajstić information content (AvgIpc) is 2.94. The number of thiazole rings is 1. The molecule has 0 aliphatic rings. The highest BCUT2D eigenvalue weighted by Crippen LogP contribution is 2.23. The Hall–Kier alpha value is -2.48. The van der Waals surface area contributed by atoms with Gasteiger partial charge in [0.2, 0.25) is 5.91 Å². The van der Waals surface area contributed by atoms with Crippen molar-refractivity contribution in [1.82, 2.24) is 15.3 Å². The Morgan fingerprint density at radius 3 is 2.91 bits per heavy atom. The lowest BCUT2D eigenvalue weighted by atomic mass is 10.2. The van der Waals surface area contributed by atoms with Crippen molar-refractivity contribution >= 4 is 28.3 Å². The summed E-state index contributed by atoms with van der Waals surface area (Å²) in [5.74, 6) is 0.258. The lowest BCUT2D eigenvalue weighted by molar-refractivity contribution is -0.119. The standard InChI is InChI=1S/C14H18N6OS/c1-3-16-13(15)20-14-19-12(8-22-14)11-6-4-5-10(18-11)7-17-9(2)21/h4-6,8H,3,7H2,1-2H3,(H,17,21)(H3,15,16,19,20). The monoisotopic (exact) mass is 318 g/mol. The van der Waals surface area contributed by atoms with Gasteiger partial charge in [0.1, 0.15) is 5.69 Å². The second-order valence-corrected chi connectivity index (χ2v) is 5.30. The normalized spacial score (nSPS) is 11.3. The molecule has 0 aromatic carbocycles. The minimum Gasteiger partial charge on any atom is -0.370 e. The third kappa shape index (κ3) is 4.52. The zero-order chi connectivity index (χ0) is 15.9. The maximum absolute atomic E-state index is 11.0. The maximum atomic E-state index is 11.0. The van der Waals surface area contributed by atoms with Crippen molar-refractivity contribution in [3.8, 4) is 11.4 Å². The fourth-order valence-electron chi connectivity index (χ4n) is 1.70. The molecule has 2 aromatic heterocycles. The minimum absolute atomic E-state index is 0.0852. The number of nitrogens with two attached hydrogens (primary N) is 1. The smallest absolute Gasteiger partial charge is 0.217 e. The van der Waals surface area contributed by atoms with Gasteiger partial charge in [-0.15, -0.1) is 11.3 Å². The quantitative estimate of drug-likeness (QED) is 0.573. The van der Waals surface area contributed by atoms with Gasteiger partial charge < -0.3 is 16.4 Å². The van der Waals surface area contributed by atoms with E-state index < -0.39 is 0 Å². The van der Waals surface area contributed by atoms with Crippen molar-refractivity contribution in [2.45, 2.75) is 20.4 Å². The summed E-state index contributed by atoms with van der Waals surface area (Å²) in [4.78, 5) is 23.9. The molecule has 8 heteroatoms. The van der Waals surface area contributed by atoms with Gasteiger partial charge in [-0.2, -0.15) is 0 Å². The van der Waals surface area contributed by atoms with Gasteiger partial charge in [-0.1, -0.05) is 6.07 Å². The number of rotatable bonds is 5. The number of anilines is 1. The fourth-order valence-corrected chi connectivity index (χ4v) is 2.42. The average molecular weight is 318 g/mol. The molecule has 22 heavy (non-hydrogen) atoms. The number of aliphatic imine (C=N–C) groups is 1.